The van der Waals surface area contributed by atoms with E-state index >= 15 is 0 Å². The van der Waals surface area contributed by atoms with Gasteiger partial charge in [-0.25, -0.2) is 19.7 Å². The Morgan fingerprint density at radius 2 is 2.04 bits per heavy atom. The standard InChI is InChI=1S/C14H14N8O2S/c1-20-11-9(12(23)21(2)14(20)24)22(7-18-11)3-4-25-13-17-6-8(5-15)10(16)19-13/h6-7H,3-4H2,1-2H3,(H2,16,17,19). The minimum atomic E-state index is -0.418. The highest BCUT2D eigenvalue weighted by molar-refractivity contribution is 7.99. The van der Waals surface area contributed by atoms with Gasteiger partial charge in [-0.2, -0.15) is 5.26 Å². The third-order valence-electron chi connectivity index (χ3n) is 3.70. The third-order valence-corrected chi connectivity index (χ3v) is 4.54. The fraction of sp³-hybridized carbons (Fsp3) is 0.286. The second-order valence-electron chi connectivity index (χ2n) is 5.23. The van der Waals surface area contributed by atoms with E-state index in [9.17, 15) is 9.59 Å². The first-order valence-corrected chi connectivity index (χ1v) is 8.19. The second kappa shape index (κ2) is 6.40. The van der Waals surface area contributed by atoms with Gasteiger partial charge in [-0.1, -0.05) is 11.8 Å². The molecule has 0 saturated heterocycles. The molecule has 3 aromatic rings. The minimum absolute atomic E-state index is 0.136. The van der Waals surface area contributed by atoms with Crippen molar-refractivity contribution in [2.24, 2.45) is 14.1 Å². The highest BCUT2D eigenvalue weighted by atomic mass is 32.2. The van der Waals surface area contributed by atoms with Gasteiger partial charge in [0.2, 0.25) is 0 Å². The molecule has 11 heteroatoms. The summed E-state index contributed by atoms with van der Waals surface area (Å²) in [6.45, 7) is 0.470. The number of thioether (sulfide) groups is 1. The number of nitrogens with two attached hydrogens (primary N) is 1. The van der Waals surface area contributed by atoms with Crippen LogP contribution in [-0.4, -0.2) is 34.4 Å². The average molecular weight is 358 g/mol. The zero-order valence-electron chi connectivity index (χ0n) is 13.5. The maximum absolute atomic E-state index is 12.3. The number of fused-ring (bicyclic) bond motifs is 1. The van der Waals surface area contributed by atoms with E-state index < -0.39 is 5.69 Å². The number of aryl methyl sites for hydroxylation is 2. The molecule has 0 aliphatic carbocycles. The number of nitrogens with zero attached hydrogens (tertiary/aromatic N) is 7. The highest BCUT2D eigenvalue weighted by Gasteiger charge is 2.14. The maximum Gasteiger partial charge on any atom is 0.332 e. The van der Waals surface area contributed by atoms with Crippen molar-refractivity contribution >= 4 is 28.7 Å². The molecule has 0 unspecified atom stereocenters. The molecule has 2 N–H and O–H groups in total. The average Bonchev–Trinajstić information content (AvgIpc) is 3.02. The van der Waals surface area contributed by atoms with Crippen LogP contribution in [-0.2, 0) is 20.6 Å². The van der Waals surface area contributed by atoms with Gasteiger partial charge >= 0.3 is 5.69 Å². The Labute approximate surface area is 145 Å². The summed E-state index contributed by atoms with van der Waals surface area (Å²) >= 11 is 1.34. The summed E-state index contributed by atoms with van der Waals surface area (Å²) in [6.07, 6.45) is 2.91. The monoisotopic (exact) mass is 358 g/mol. The number of rotatable bonds is 4. The van der Waals surface area contributed by atoms with Crippen LogP contribution in [0.1, 0.15) is 5.56 Å². The fourth-order valence-electron chi connectivity index (χ4n) is 2.34. The van der Waals surface area contributed by atoms with Crippen LogP contribution in [0.15, 0.2) is 27.3 Å². The summed E-state index contributed by atoms with van der Waals surface area (Å²) in [6, 6.07) is 1.91. The molecular formula is C14H14N8O2S. The fourth-order valence-corrected chi connectivity index (χ4v) is 3.10. The van der Waals surface area contributed by atoms with Crippen LogP contribution in [0.4, 0.5) is 5.82 Å². The van der Waals surface area contributed by atoms with Crippen molar-refractivity contribution in [1.82, 2.24) is 28.7 Å². The van der Waals surface area contributed by atoms with E-state index in [1.807, 2.05) is 6.07 Å². The van der Waals surface area contributed by atoms with E-state index in [2.05, 4.69) is 15.0 Å². The second-order valence-corrected chi connectivity index (χ2v) is 6.29. The van der Waals surface area contributed by atoms with E-state index in [1.165, 1.54) is 35.9 Å². The SMILES string of the molecule is Cn1c(=O)c2c(ncn2CCSc2ncc(C#N)c(N)n2)n(C)c1=O. The molecule has 0 saturated carbocycles. The van der Waals surface area contributed by atoms with Gasteiger partial charge in [0.15, 0.2) is 16.3 Å². The topological polar surface area (TPSA) is 137 Å². The zero-order valence-corrected chi connectivity index (χ0v) is 14.3. The number of anilines is 1. The first kappa shape index (κ1) is 16.7. The van der Waals surface area contributed by atoms with Crippen LogP contribution in [0.3, 0.4) is 0 Å². The Hall–Kier alpha value is -3.13. The van der Waals surface area contributed by atoms with Crippen LogP contribution in [0, 0.1) is 11.3 Å². The normalized spacial score (nSPS) is 10.9. The lowest BCUT2D eigenvalue weighted by molar-refractivity contribution is 0.700. The van der Waals surface area contributed by atoms with Gasteiger partial charge in [-0.15, -0.1) is 0 Å². The molecule has 0 aromatic carbocycles. The smallest absolute Gasteiger partial charge is 0.332 e. The lowest BCUT2D eigenvalue weighted by Crippen LogP contribution is -2.37. The van der Waals surface area contributed by atoms with Crippen molar-refractivity contribution in [1.29, 1.82) is 5.26 Å². The van der Waals surface area contributed by atoms with Gasteiger partial charge in [0.05, 0.1) is 12.5 Å². The van der Waals surface area contributed by atoms with Gasteiger partial charge in [0.25, 0.3) is 5.56 Å². The highest BCUT2D eigenvalue weighted by Crippen LogP contribution is 2.17. The first-order chi connectivity index (χ1) is 11.9. The molecule has 0 aliphatic heterocycles. The number of nitriles is 1. The molecule has 0 spiro atoms. The molecule has 0 bridgehead atoms. The van der Waals surface area contributed by atoms with Gasteiger partial charge in [-0.05, 0) is 0 Å². The quantitative estimate of drug-likeness (QED) is 0.485. The van der Waals surface area contributed by atoms with Gasteiger partial charge in [-0.3, -0.25) is 13.9 Å². The van der Waals surface area contributed by atoms with Crippen molar-refractivity contribution in [2.75, 3.05) is 11.5 Å². The predicted octanol–water partition coefficient (Wildman–Crippen LogP) is -0.530. The summed E-state index contributed by atoms with van der Waals surface area (Å²) in [4.78, 5) is 36.5. The number of aromatic nitrogens is 6. The maximum atomic E-state index is 12.3. The Kier molecular flexibility index (Phi) is 4.28. The Bertz CT molecular complexity index is 1120. The minimum Gasteiger partial charge on any atom is -0.382 e. The van der Waals surface area contributed by atoms with Crippen molar-refractivity contribution in [3.8, 4) is 6.07 Å². The summed E-state index contributed by atoms with van der Waals surface area (Å²) < 4.78 is 4.08. The Balaban J connectivity index is 1.83. The number of nitrogen functional groups attached to an aromatic ring is 1. The summed E-state index contributed by atoms with van der Waals surface area (Å²) in [7, 11) is 3.01. The van der Waals surface area contributed by atoms with Crippen LogP contribution < -0.4 is 17.0 Å². The molecule has 0 atom stereocenters. The number of imidazole rings is 1. The molecule has 0 aliphatic rings. The molecule has 3 aromatic heterocycles. The summed E-state index contributed by atoms with van der Waals surface area (Å²) in [5.41, 5.74) is 5.80. The lowest BCUT2D eigenvalue weighted by atomic mass is 10.3. The molecule has 0 fully saturated rings. The Morgan fingerprint density at radius 3 is 2.72 bits per heavy atom. The molecule has 10 nitrogen and oxygen atoms in total. The lowest BCUT2D eigenvalue weighted by Gasteiger charge is -2.06. The van der Waals surface area contributed by atoms with Crippen molar-refractivity contribution in [3.05, 3.63) is 38.9 Å². The van der Waals surface area contributed by atoms with Crippen molar-refractivity contribution in [3.63, 3.8) is 0 Å². The first-order valence-electron chi connectivity index (χ1n) is 7.20. The largest absolute Gasteiger partial charge is 0.382 e. The molecule has 3 rings (SSSR count). The summed E-state index contributed by atoms with van der Waals surface area (Å²) in [5, 5.41) is 9.26. The molecule has 3 heterocycles. The third kappa shape index (κ3) is 2.87. The van der Waals surface area contributed by atoms with Gasteiger partial charge in [0.1, 0.15) is 17.5 Å². The van der Waals surface area contributed by atoms with Crippen LogP contribution >= 0.6 is 11.8 Å². The van der Waals surface area contributed by atoms with E-state index in [4.69, 9.17) is 11.0 Å². The Morgan fingerprint density at radius 1 is 1.28 bits per heavy atom. The van der Waals surface area contributed by atoms with Crippen LogP contribution in [0.25, 0.3) is 11.2 Å². The molecule has 0 amide bonds. The zero-order chi connectivity index (χ0) is 18.1. The van der Waals surface area contributed by atoms with Crippen molar-refractivity contribution < 1.29 is 0 Å². The van der Waals surface area contributed by atoms with E-state index in [1.54, 1.807) is 11.6 Å². The van der Waals surface area contributed by atoms with Crippen LogP contribution in [0.2, 0.25) is 0 Å². The van der Waals surface area contributed by atoms with E-state index in [-0.39, 0.29) is 16.9 Å². The van der Waals surface area contributed by atoms with Gasteiger partial charge < -0.3 is 10.3 Å². The molecule has 128 valence electrons. The van der Waals surface area contributed by atoms with Crippen LogP contribution in [0.5, 0.6) is 0 Å². The predicted molar refractivity (Wildman–Crippen MR) is 92.1 cm³/mol. The van der Waals surface area contributed by atoms with Gasteiger partial charge in [0, 0.05) is 26.4 Å². The molecular weight excluding hydrogens is 344 g/mol. The van der Waals surface area contributed by atoms with Crippen molar-refractivity contribution in [2.45, 2.75) is 11.7 Å². The molecule has 0 radical (unpaired) electrons. The molecule has 25 heavy (non-hydrogen) atoms. The number of hydrogen-bond donors (Lipinski definition) is 1. The van der Waals surface area contributed by atoms with E-state index in [0.717, 1.165) is 4.57 Å². The summed E-state index contributed by atoms with van der Waals surface area (Å²) in [5.74, 6) is 0.694. The van der Waals surface area contributed by atoms with E-state index in [0.29, 0.717) is 28.6 Å². The number of hydrogen-bond acceptors (Lipinski definition) is 8.